The molecule has 0 radical (unpaired) electrons. The van der Waals surface area contributed by atoms with Crippen LogP contribution in [0.3, 0.4) is 0 Å². The molecule has 1 saturated heterocycles. The summed E-state index contributed by atoms with van der Waals surface area (Å²) in [6, 6.07) is 2.91. The summed E-state index contributed by atoms with van der Waals surface area (Å²) in [4.78, 5) is 13.8. The van der Waals surface area contributed by atoms with E-state index in [1.165, 1.54) is 23.2 Å². The zero-order valence-electron chi connectivity index (χ0n) is 12.0. The van der Waals surface area contributed by atoms with E-state index in [9.17, 15) is 18.0 Å². The highest BCUT2D eigenvalue weighted by molar-refractivity contribution is 5.92. The molecule has 1 aliphatic rings. The van der Waals surface area contributed by atoms with Crippen molar-refractivity contribution in [1.82, 2.24) is 14.8 Å². The fourth-order valence-electron chi connectivity index (χ4n) is 2.67. The lowest BCUT2D eigenvalue weighted by atomic mass is 9.97. The fourth-order valence-corrected chi connectivity index (χ4v) is 2.67. The lowest BCUT2D eigenvalue weighted by Gasteiger charge is -2.27. The van der Waals surface area contributed by atoms with Crippen LogP contribution in [0, 0.1) is 5.92 Å². The van der Waals surface area contributed by atoms with Crippen molar-refractivity contribution in [3.8, 4) is 0 Å². The number of amides is 1. The molecule has 0 atom stereocenters. The van der Waals surface area contributed by atoms with Gasteiger partial charge in [0.05, 0.1) is 0 Å². The van der Waals surface area contributed by atoms with Gasteiger partial charge in [-0.15, -0.1) is 0 Å². The lowest BCUT2D eigenvalue weighted by molar-refractivity contribution is -0.140. The summed E-state index contributed by atoms with van der Waals surface area (Å²) in [6.07, 6.45) is -1.07. The Balaban J connectivity index is 2.00. The van der Waals surface area contributed by atoms with Gasteiger partial charge in [-0.25, -0.2) is 0 Å². The maximum atomic E-state index is 12.5. The van der Waals surface area contributed by atoms with Gasteiger partial charge in [0.25, 0.3) is 5.91 Å². The quantitative estimate of drug-likeness (QED) is 0.925. The van der Waals surface area contributed by atoms with Gasteiger partial charge in [0.1, 0.15) is 12.2 Å². The average Bonchev–Trinajstić information content (AvgIpc) is 2.84. The molecule has 0 unspecified atom stereocenters. The zero-order chi connectivity index (χ0) is 15.5. The van der Waals surface area contributed by atoms with Gasteiger partial charge in [0.2, 0.25) is 0 Å². The highest BCUT2D eigenvalue weighted by atomic mass is 19.4. The number of alkyl halides is 3. The van der Waals surface area contributed by atoms with Gasteiger partial charge in [-0.05, 0) is 44.0 Å². The van der Waals surface area contributed by atoms with E-state index in [0.717, 1.165) is 30.5 Å². The Morgan fingerprint density at radius 1 is 1.43 bits per heavy atom. The molecule has 4 nitrogen and oxygen atoms in total. The Morgan fingerprint density at radius 2 is 2.10 bits per heavy atom. The molecule has 7 heteroatoms. The third kappa shape index (κ3) is 4.49. The van der Waals surface area contributed by atoms with E-state index in [1.54, 1.807) is 7.05 Å². The molecule has 0 spiro atoms. The first-order valence-electron chi connectivity index (χ1n) is 7.05. The number of nitrogens with zero attached hydrogens (tertiary/aromatic N) is 2. The summed E-state index contributed by atoms with van der Waals surface area (Å²) in [5.41, 5.74) is 0.0868. The van der Waals surface area contributed by atoms with Gasteiger partial charge in [0.15, 0.2) is 0 Å². The second-order valence-electron chi connectivity index (χ2n) is 5.52. The third-order valence-corrected chi connectivity index (χ3v) is 3.74. The second kappa shape index (κ2) is 6.51. The van der Waals surface area contributed by atoms with E-state index < -0.39 is 12.7 Å². The standard InChI is InChI=1S/C14H20F3N3O/c1-19(9-11-4-6-18-7-5-11)13(21)12-3-2-8-20(12)10-14(15,16)17/h2-3,8,11,18H,4-7,9-10H2,1H3. The van der Waals surface area contributed by atoms with Crippen LogP contribution in [-0.2, 0) is 6.54 Å². The van der Waals surface area contributed by atoms with Gasteiger partial charge in [-0.3, -0.25) is 4.79 Å². The van der Waals surface area contributed by atoms with E-state index in [4.69, 9.17) is 0 Å². The van der Waals surface area contributed by atoms with Crippen LogP contribution in [0.25, 0.3) is 0 Å². The van der Waals surface area contributed by atoms with Crippen LogP contribution in [0.15, 0.2) is 18.3 Å². The van der Waals surface area contributed by atoms with Gasteiger partial charge in [-0.1, -0.05) is 0 Å². The monoisotopic (exact) mass is 303 g/mol. The molecule has 118 valence electrons. The number of aromatic nitrogens is 1. The van der Waals surface area contributed by atoms with E-state index in [2.05, 4.69) is 5.32 Å². The van der Waals surface area contributed by atoms with Crippen LogP contribution in [0.4, 0.5) is 13.2 Å². The summed E-state index contributed by atoms with van der Waals surface area (Å²) in [6.45, 7) is 1.30. The van der Waals surface area contributed by atoms with Crippen molar-refractivity contribution < 1.29 is 18.0 Å². The molecular formula is C14H20F3N3O. The molecule has 1 aromatic rings. The molecule has 0 aromatic carbocycles. The number of halogens is 3. The van der Waals surface area contributed by atoms with Crippen LogP contribution >= 0.6 is 0 Å². The first kappa shape index (κ1) is 15.9. The minimum absolute atomic E-state index is 0.0868. The normalized spacial score (nSPS) is 17.0. The number of carbonyl (C=O) groups is 1. The van der Waals surface area contributed by atoms with Crippen LogP contribution in [0.5, 0.6) is 0 Å². The molecule has 2 rings (SSSR count). The number of carbonyl (C=O) groups excluding carboxylic acids is 1. The molecule has 1 aliphatic heterocycles. The van der Waals surface area contributed by atoms with Crippen molar-refractivity contribution in [2.45, 2.75) is 25.6 Å². The predicted molar refractivity (Wildman–Crippen MR) is 73.0 cm³/mol. The van der Waals surface area contributed by atoms with Gasteiger partial charge < -0.3 is 14.8 Å². The molecular weight excluding hydrogens is 283 g/mol. The topological polar surface area (TPSA) is 37.3 Å². The Morgan fingerprint density at radius 3 is 2.71 bits per heavy atom. The zero-order valence-corrected chi connectivity index (χ0v) is 12.0. The van der Waals surface area contributed by atoms with Gasteiger partial charge in [-0.2, -0.15) is 13.2 Å². The van der Waals surface area contributed by atoms with Crippen LogP contribution in [0.2, 0.25) is 0 Å². The largest absolute Gasteiger partial charge is 0.406 e. The fraction of sp³-hybridized carbons (Fsp3) is 0.643. The molecule has 0 aliphatic carbocycles. The van der Waals surface area contributed by atoms with Gasteiger partial charge in [0, 0.05) is 19.8 Å². The minimum atomic E-state index is -4.33. The van der Waals surface area contributed by atoms with Crippen molar-refractivity contribution in [2.24, 2.45) is 5.92 Å². The molecule has 0 bridgehead atoms. The summed E-state index contributed by atoms with van der Waals surface area (Å²) in [5, 5.41) is 3.25. The van der Waals surface area contributed by atoms with E-state index >= 15 is 0 Å². The van der Waals surface area contributed by atoms with E-state index in [0.29, 0.717) is 12.5 Å². The predicted octanol–water partition coefficient (Wildman–Crippen LogP) is 2.12. The van der Waals surface area contributed by atoms with Crippen molar-refractivity contribution in [1.29, 1.82) is 0 Å². The Hall–Kier alpha value is -1.50. The maximum Gasteiger partial charge on any atom is 0.406 e. The maximum absolute atomic E-state index is 12.5. The molecule has 1 fully saturated rings. The first-order valence-corrected chi connectivity index (χ1v) is 7.05. The highest BCUT2D eigenvalue weighted by Crippen LogP contribution is 2.20. The third-order valence-electron chi connectivity index (χ3n) is 3.74. The van der Waals surface area contributed by atoms with Crippen LogP contribution in [-0.4, -0.2) is 48.2 Å². The Bertz CT molecular complexity index is 478. The van der Waals surface area contributed by atoms with Crippen molar-refractivity contribution in [3.05, 3.63) is 24.0 Å². The summed E-state index contributed by atoms with van der Waals surface area (Å²) in [7, 11) is 1.65. The number of hydrogen-bond donors (Lipinski definition) is 1. The number of nitrogens with one attached hydrogen (secondary N) is 1. The van der Waals surface area contributed by atoms with E-state index in [-0.39, 0.29) is 11.6 Å². The Labute approximate surface area is 121 Å². The van der Waals surface area contributed by atoms with Crippen molar-refractivity contribution >= 4 is 5.91 Å². The highest BCUT2D eigenvalue weighted by Gasteiger charge is 2.30. The molecule has 1 N–H and O–H groups in total. The van der Waals surface area contributed by atoms with E-state index in [1.807, 2.05) is 0 Å². The Kier molecular flexibility index (Phi) is 4.92. The lowest BCUT2D eigenvalue weighted by Crippen LogP contribution is -2.38. The van der Waals surface area contributed by atoms with Crippen molar-refractivity contribution in [2.75, 3.05) is 26.7 Å². The number of hydrogen-bond acceptors (Lipinski definition) is 2. The van der Waals surface area contributed by atoms with Crippen LogP contribution < -0.4 is 5.32 Å². The average molecular weight is 303 g/mol. The summed E-state index contributed by atoms with van der Waals surface area (Å²) >= 11 is 0. The molecule has 2 heterocycles. The first-order chi connectivity index (χ1) is 9.87. The van der Waals surface area contributed by atoms with Gasteiger partial charge >= 0.3 is 6.18 Å². The molecule has 1 amide bonds. The molecule has 21 heavy (non-hydrogen) atoms. The summed E-state index contributed by atoms with van der Waals surface area (Å²) < 4.78 is 38.4. The smallest absolute Gasteiger partial charge is 0.340 e. The number of rotatable bonds is 4. The minimum Gasteiger partial charge on any atom is -0.340 e. The van der Waals surface area contributed by atoms with Crippen molar-refractivity contribution in [3.63, 3.8) is 0 Å². The molecule has 1 aromatic heterocycles. The second-order valence-corrected chi connectivity index (χ2v) is 5.52. The molecule has 0 saturated carbocycles. The SMILES string of the molecule is CN(CC1CCNCC1)C(=O)c1cccn1CC(F)(F)F. The van der Waals surface area contributed by atoms with Crippen LogP contribution in [0.1, 0.15) is 23.3 Å². The summed E-state index contributed by atoms with van der Waals surface area (Å²) in [5.74, 6) is 0.0500. The number of piperidine rings is 1.